The van der Waals surface area contributed by atoms with Crippen LogP contribution in [0.2, 0.25) is 0 Å². The third kappa shape index (κ3) is 4.47. The lowest BCUT2D eigenvalue weighted by Crippen LogP contribution is -2.15. The van der Waals surface area contributed by atoms with Gasteiger partial charge in [-0.15, -0.1) is 5.10 Å². The van der Waals surface area contributed by atoms with Crippen LogP contribution in [0.4, 0.5) is 0 Å². The van der Waals surface area contributed by atoms with Crippen molar-refractivity contribution in [1.82, 2.24) is 29.9 Å². The largest absolute Gasteiger partial charge is 0.478 e. The van der Waals surface area contributed by atoms with Crippen LogP contribution in [-0.2, 0) is 0 Å². The molecule has 0 bridgehead atoms. The van der Waals surface area contributed by atoms with E-state index in [-0.39, 0.29) is 6.04 Å². The SMILES string of the molecule is C[C@H](c1ccccc1)n1nnc2cnc3ccc(-c4ccc(OCCCN(C)C)nc4)cc3c21. The lowest BCUT2D eigenvalue weighted by molar-refractivity contribution is 0.273. The van der Waals surface area contributed by atoms with Gasteiger partial charge < -0.3 is 9.64 Å². The van der Waals surface area contributed by atoms with Gasteiger partial charge in [-0.2, -0.15) is 0 Å². The first-order valence-corrected chi connectivity index (χ1v) is 11.5. The number of hydrogen-bond donors (Lipinski definition) is 0. The van der Waals surface area contributed by atoms with Crippen molar-refractivity contribution in [3.05, 3.63) is 78.6 Å². The molecule has 7 heteroatoms. The average molecular weight is 453 g/mol. The summed E-state index contributed by atoms with van der Waals surface area (Å²) in [5.74, 6) is 0.645. The van der Waals surface area contributed by atoms with E-state index in [1.807, 2.05) is 47.3 Å². The molecule has 0 spiro atoms. The third-order valence-electron chi connectivity index (χ3n) is 6.02. The monoisotopic (exact) mass is 452 g/mol. The van der Waals surface area contributed by atoms with Crippen molar-refractivity contribution in [2.45, 2.75) is 19.4 Å². The van der Waals surface area contributed by atoms with Gasteiger partial charge in [0.25, 0.3) is 0 Å². The fraction of sp³-hybridized carbons (Fsp3) is 0.259. The fourth-order valence-electron chi connectivity index (χ4n) is 4.14. The van der Waals surface area contributed by atoms with Gasteiger partial charge in [-0.3, -0.25) is 4.98 Å². The molecule has 0 radical (unpaired) electrons. The van der Waals surface area contributed by atoms with Crippen molar-refractivity contribution in [3.63, 3.8) is 0 Å². The summed E-state index contributed by atoms with van der Waals surface area (Å²) >= 11 is 0. The van der Waals surface area contributed by atoms with Gasteiger partial charge in [0.2, 0.25) is 5.88 Å². The molecule has 2 aromatic carbocycles. The number of fused-ring (bicyclic) bond motifs is 3. The summed E-state index contributed by atoms with van der Waals surface area (Å²) in [4.78, 5) is 11.3. The predicted octanol–water partition coefficient (Wildman–Crippen LogP) is 4.98. The Kier molecular flexibility index (Phi) is 6.18. The average Bonchev–Trinajstić information content (AvgIpc) is 3.31. The summed E-state index contributed by atoms with van der Waals surface area (Å²) in [5.41, 5.74) is 5.95. The van der Waals surface area contributed by atoms with Crippen LogP contribution in [0.15, 0.2) is 73.1 Å². The number of nitrogens with zero attached hydrogens (tertiary/aromatic N) is 6. The number of hydrogen-bond acceptors (Lipinski definition) is 6. The maximum absolute atomic E-state index is 5.78. The van der Waals surface area contributed by atoms with Gasteiger partial charge in [-0.1, -0.05) is 41.6 Å². The molecular weight excluding hydrogens is 424 g/mol. The highest BCUT2D eigenvalue weighted by atomic mass is 16.5. The Bertz CT molecular complexity index is 1400. The fourth-order valence-corrected chi connectivity index (χ4v) is 4.14. The van der Waals surface area contributed by atoms with E-state index in [2.05, 4.69) is 70.5 Å². The molecule has 3 aromatic heterocycles. The maximum atomic E-state index is 5.78. The quantitative estimate of drug-likeness (QED) is 0.309. The van der Waals surface area contributed by atoms with E-state index < -0.39 is 0 Å². The standard InChI is InChI=1S/C27H28N6O/c1-19(20-8-5-4-6-9-20)33-27-23-16-21(10-12-24(23)28-18-25(27)30-31-33)22-11-13-26(29-17-22)34-15-7-14-32(2)3/h4-6,8-13,16-19H,7,14-15H2,1-3H3/t19-/m1/s1. The molecule has 0 aliphatic carbocycles. The summed E-state index contributed by atoms with van der Waals surface area (Å²) in [6.45, 7) is 3.79. The molecule has 34 heavy (non-hydrogen) atoms. The highest BCUT2D eigenvalue weighted by molar-refractivity contribution is 6.03. The molecule has 0 amide bonds. The van der Waals surface area contributed by atoms with Crippen molar-refractivity contribution in [2.24, 2.45) is 0 Å². The number of benzene rings is 2. The van der Waals surface area contributed by atoms with E-state index in [1.54, 1.807) is 6.20 Å². The summed E-state index contributed by atoms with van der Waals surface area (Å²) in [5, 5.41) is 9.89. The smallest absolute Gasteiger partial charge is 0.213 e. The van der Waals surface area contributed by atoms with Crippen LogP contribution in [0.3, 0.4) is 0 Å². The topological polar surface area (TPSA) is 69.0 Å². The molecule has 0 saturated carbocycles. The second kappa shape index (κ2) is 9.57. The second-order valence-corrected chi connectivity index (χ2v) is 8.74. The van der Waals surface area contributed by atoms with Gasteiger partial charge in [0, 0.05) is 29.8 Å². The molecule has 1 atom stereocenters. The van der Waals surface area contributed by atoms with E-state index in [0.717, 1.165) is 46.0 Å². The third-order valence-corrected chi connectivity index (χ3v) is 6.02. The molecule has 0 N–H and O–H groups in total. The molecule has 172 valence electrons. The highest BCUT2D eigenvalue weighted by Crippen LogP contribution is 2.30. The first-order valence-electron chi connectivity index (χ1n) is 11.5. The highest BCUT2D eigenvalue weighted by Gasteiger charge is 2.16. The lowest BCUT2D eigenvalue weighted by atomic mass is 10.0. The molecule has 5 rings (SSSR count). The molecule has 5 aromatic rings. The summed E-state index contributed by atoms with van der Waals surface area (Å²) in [6, 6.07) is 20.6. The van der Waals surface area contributed by atoms with Gasteiger partial charge in [0.15, 0.2) is 0 Å². The van der Waals surface area contributed by atoms with Crippen LogP contribution in [-0.4, -0.2) is 57.1 Å². The van der Waals surface area contributed by atoms with Crippen molar-refractivity contribution in [1.29, 1.82) is 0 Å². The Morgan fingerprint density at radius 1 is 0.912 bits per heavy atom. The Hall–Kier alpha value is -3.84. The van der Waals surface area contributed by atoms with Crippen LogP contribution in [0.25, 0.3) is 33.1 Å². The minimum atomic E-state index is 0.0473. The molecule has 7 nitrogen and oxygen atoms in total. The zero-order valence-corrected chi connectivity index (χ0v) is 19.7. The molecule has 3 heterocycles. The minimum absolute atomic E-state index is 0.0473. The van der Waals surface area contributed by atoms with Crippen molar-refractivity contribution >= 4 is 21.9 Å². The Balaban J connectivity index is 1.47. The normalized spacial score (nSPS) is 12.5. The summed E-state index contributed by atoms with van der Waals surface area (Å²) < 4.78 is 7.77. The van der Waals surface area contributed by atoms with Gasteiger partial charge in [0.1, 0.15) is 11.0 Å². The van der Waals surface area contributed by atoms with E-state index in [9.17, 15) is 0 Å². The minimum Gasteiger partial charge on any atom is -0.478 e. The second-order valence-electron chi connectivity index (χ2n) is 8.74. The van der Waals surface area contributed by atoms with Crippen molar-refractivity contribution < 1.29 is 4.74 Å². The maximum Gasteiger partial charge on any atom is 0.213 e. The summed E-state index contributed by atoms with van der Waals surface area (Å²) in [6.07, 6.45) is 4.62. The van der Waals surface area contributed by atoms with Crippen LogP contribution < -0.4 is 4.74 Å². The van der Waals surface area contributed by atoms with E-state index in [0.29, 0.717) is 12.5 Å². The first kappa shape index (κ1) is 22.0. The Morgan fingerprint density at radius 2 is 1.74 bits per heavy atom. The van der Waals surface area contributed by atoms with Gasteiger partial charge in [-0.05, 0) is 56.8 Å². The molecule has 0 fully saturated rings. The summed E-state index contributed by atoms with van der Waals surface area (Å²) in [7, 11) is 4.12. The van der Waals surface area contributed by atoms with Gasteiger partial charge in [-0.25, -0.2) is 9.67 Å². The molecular formula is C27H28N6O. The lowest BCUT2D eigenvalue weighted by Gasteiger charge is -2.14. The van der Waals surface area contributed by atoms with Crippen molar-refractivity contribution in [2.75, 3.05) is 27.2 Å². The number of rotatable bonds is 8. The van der Waals surface area contributed by atoms with Crippen LogP contribution in [0, 0.1) is 0 Å². The van der Waals surface area contributed by atoms with Crippen LogP contribution in [0.1, 0.15) is 24.9 Å². The molecule has 0 saturated heterocycles. The number of pyridine rings is 2. The van der Waals surface area contributed by atoms with Gasteiger partial charge in [0.05, 0.1) is 24.4 Å². The number of aromatic nitrogens is 5. The molecule has 0 aliphatic heterocycles. The molecule has 0 unspecified atom stereocenters. The zero-order valence-electron chi connectivity index (χ0n) is 19.7. The van der Waals surface area contributed by atoms with Gasteiger partial charge >= 0.3 is 0 Å². The number of ether oxygens (including phenoxy) is 1. The zero-order chi connectivity index (χ0) is 23.5. The van der Waals surface area contributed by atoms with Crippen molar-refractivity contribution in [3.8, 4) is 17.0 Å². The van der Waals surface area contributed by atoms with E-state index in [4.69, 9.17) is 4.74 Å². The Morgan fingerprint density at radius 3 is 2.50 bits per heavy atom. The Labute approximate surface area is 199 Å². The van der Waals surface area contributed by atoms with Crippen LogP contribution >= 0.6 is 0 Å². The predicted molar refractivity (Wildman–Crippen MR) is 135 cm³/mol. The first-order chi connectivity index (χ1) is 16.6. The van der Waals surface area contributed by atoms with E-state index >= 15 is 0 Å². The van der Waals surface area contributed by atoms with Crippen LogP contribution in [0.5, 0.6) is 5.88 Å². The van der Waals surface area contributed by atoms with E-state index in [1.165, 1.54) is 5.56 Å². The molecule has 0 aliphatic rings.